The van der Waals surface area contributed by atoms with E-state index in [2.05, 4.69) is 22.9 Å². The zero-order chi connectivity index (χ0) is 23.4. The van der Waals surface area contributed by atoms with Crippen LogP contribution in [-0.4, -0.2) is 47.6 Å². The molecule has 2 aliphatic heterocycles. The standard InChI is InChI=1S/C26H28BrNO5/c1-2-3-14-32-20-12-8-17(9-13-20)23-22(24(29)18-6-10-19(27)11-7-18)25(30)26(31)28(23)16-21-5-4-15-33-21/h6-13,21,23,29H,2-5,14-16H2,1H3/t21-,23-/m1/s1. The Morgan fingerprint density at radius 3 is 2.52 bits per heavy atom. The number of hydrogen-bond donors (Lipinski definition) is 1. The normalized spacial score (nSPS) is 22.2. The summed E-state index contributed by atoms with van der Waals surface area (Å²) in [5.41, 5.74) is 1.33. The number of halogens is 1. The van der Waals surface area contributed by atoms with Crippen LogP contribution < -0.4 is 4.74 Å². The monoisotopic (exact) mass is 513 g/mol. The number of Topliss-reactive ketones (excluding diaryl/α,β-unsaturated/α-hetero) is 1. The lowest BCUT2D eigenvalue weighted by Crippen LogP contribution is -2.36. The molecular formula is C26H28BrNO5. The minimum Gasteiger partial charge on any atom is -0.507 e. The summed E-state index contributed by atoms with van der Waals surface area (Å²) in [6.07, 6.45) is 3.67. The molecule has 1 N–H and O–H groups in total. The van der Waals surface area contributed by atoms with E-state index in [0.29, 0.717) is 25.3 Å². The van der Waals surface area contributed by atoms with Crippen molar-refractivity contribution in [2.24, 2.45) is 0 Å². The Morgan fingerprint density at radius 2 is 1.88 bits per heavy atom. The van der Waals surface area contributed by atoms with Crippen molar-refractivity contribution in [1.82, 2.24) is 4.90 Å². The fourth-order valence-corrected chi connectivity index (χ4v) is 4.53. The van der Waals surface area contributed by atoms with E-state index >= 15 is 0 Å². The zero-order valence-corrected chi connectivity index (χ0v) is 20.2. The van der Waals surface area contributed by atoms with Gasteiger partial charge in [0.2, 0.25) is 0 Å². The third-order valence-corrected chi connectivity index (χ3v) is 6.57. The Balaban J connectivity index is 1.72. The van der Waals surface area contributed by atoms with Gasteiger partial charge in [-0.05, 0) is 49.1 Å². The highest BCUT2D eigenvalue weighted by Gasteiger charge is 2.47. The summed E-state index contributed by atoms with van der Waals surface area (Å²) in [5.74, 6) is -0.737. The maximum absolute atomic E-state index is 13.1. The molecule has 2 saturated heterocycles. The van der Waals surface area contributed by atoms with E-state index in [9.17, 15) is 14.7 Å². The molecule has 0 aliphatic carbocycles. The lowest BCUT2D eigenvalue weighted by Gasteiger charge is -2.27. The van der Waals surface area contributed by atoms with E-state index in [1.165, 1.54) is 4.90 Å². The molecule has 0 radical (unpaired) electrons. The molecule has 0 saturated carbocycles. The van der Waals surface area contributed by atoms with Crippen LogP contribution in [0.2, 0.25) is 0 Å². The van der Waals surface area contributed by atoms with Gasteiger partial charge in [0, 0.05) is 23.2 Å². The summed E-state index contributed by atoms with van der Waals surface area (Å²) in [7, 11) is 0. The predicted octanol–water partition coefficient (Wildman–Crippen LogP) is 5.23. The first-order chi connectivity index (χ1) is 16.0. The summed E-state index contributed by atoms with van der Waals surface area (Å²) >= 11 is 3.38. The van der Waals surface area contributed by atoms with Crippen LogP contribution in [-0.2, 0) is 14.3 Å². The smallest absolute Gasteiger partial charge is 0.295 e. The quantitative estimate of drug-likeness (QED) is 0.226. The van der Waals surface area contributed by atoms with Gasteiger partial charge in [-0.3, -0.25) is 9.59 Å². The van der Waals surface area contributed by atoms with Crippen molar-refractivity contribution in [1.29, 1.82) is 0 Å². The number of carbonyl (C=O) groups is 2. The molecule has 7 heteroatoms. The molecule has 2 heterocycles. The van der Waals surface area contributed by atoms with E-state index in [0.717, 1.165) is 41.5 Å². The summed E-state index contributed by atoms with van der Waals surface area (Å²) < 4.78 is 12.4. The molecule has 2 aromatic carbocycles. The van der Waals surface area contributed by atoms with E-state index in [1.54, 1.807) is 24.3 Å². The van der Waals surface area contributed by atoms with Crippen molar-refractivity contribution in [2.75, 3.05) is 19.8 Å². The first kappa shape index (κ1) is 23.5. The van der Waals surface area contributed by atoms with Gasteiger partial charge in [-0.25, -0.2) is 0 Å². The summed E-state index contributed by atoms with van der Waals surface area (Å²) in [6, 6.07) is 13.7. The van der Waals surface area contributed by atoms with E-state index in [1.807, 2.05) is 24.3 Å². The van der Waals surface area contributed by atoms with Crippen molar-refractivity contribution in [2.45, 2.75) is 44.8 Å². The Bertz CT molecular complexity index is 1030. The Morgan fingerprint density at radius 1 is 1.15 bits per heavy atom. The zero-order valence-electron chi connectivity index (χ0n) is 18.6. The van der Waals surface area contributed by atoms with Crippen LogP contribution in [0.1, 0.15) is 49.8 Å². The second-order valence-electron chi connectivity index (χ2n) is 8.36. The van der Waals surface area contributed by atoms with Gasteiger partial charge in [0.1, 0.15) is 11.5 Å². The predicted molar refractivity (Wildman–Crippen MR) is 129 cm³/mol. The molecule has 1 amide bonds. The lowest BCUT2D eigenvalue weighted by molar-refractivity contribution is -0.140. The first-order valence-electron chi connectivity index (χ1n) is 11.4. The Hall–Kier alpha value is -2.64. The Kier molecular flexibility index (Phi) is 7.50. The summed E-state index contributed by atoms with van der Waals surface area (Å²) in [5, 5.41) is 11.1. The largest absolute Gasteiger partial charge is 0.507 e. The van der Waals surface area contributed by atoms with Gasteiger partial charge in [-0.15, -0.1) is 0 Å². The van der Waals surface area contributed by atoms with Crippen LogP contribution in [0.15, 0.2) is 58.6 Å². The third kappa shape index (κ3) is 5.14. The number of rotatable bonds is 8. The molecule has 0 bridgehead atoms. The number of likely N-dealkylation sites (tertiary alicyclic amines) is 1. The second-order valence-corrected chi connectivity index (χ2v) is 9.28. The number of nitrogens with zero attached hydrogens (tertiary/aromatic N) is 1. The number of hydrogen-bond acceptors (Lipinski definition) is 5. The van der Waals surface area contributed by atoms with Gasteiger partial charge >= 0.3 is 0 Å². The van der Waals surface area contributed by atoms with Crippen molar-refractivity contribution < 1.29 is 24.2 Å². The number of unbranched alkanes of at least 4 members (excludes halogenated alkanes) is 1. The number of aliphatic hydroxyl groups excluding tert-OH is 1. The molecule has 0 spiro atoms. The lowest BCUT2D eigenvalue weighted by atomic mass is 9.95. The van der Waals surface area contributed by atoms with Gasteiger partial charge in [-0.2, -0.15) is 0 Å². The summed E-state index contributed by atoms with van der Waals surface area (Å²) in [6.45, 7) is 3.70. The minimum absolute atomic E-state index is 0.0972. The highest BCUT2D eigenvalue weighted by atomic mass is 79.9. The molecule has 2 aliphatic rings. The maximum atomic E-state index is 13.1. The van der Waals surface area contributed by atoms with Gasteiger partial charge < -0.3 is 19.5 Å². The summed E-state index contributed by atoms with van der Waals surface area (Å²) in [4.78, 5) is 27.7. The van der Waals surface area contributed by atoms with Crippen molar-refractivity contribution in [3.05, 3.63) is 69.7 Å². The van der Waals surface area contributed by atoms with Gasteiger partial charge in [0.05, 0.1) is 24.3 Å². The molecule has 2 atom stereocenters. The fourth-order valence-electron chi connectivity index (χ4n) is 4.27. The van der Waals surface area contributed by atoms with Gasteiger partial charge in [0.25, 0.3) is 11.7 Å². The number of amides is 1. The van der Waals surface area contributed by atoms with E-state index in [4.69, 9.17) is 9.47 Å². The van der Waals surface area contributed by atoms with Crippen molar-refractivity contribution in [3.8, 4) is 5.75 Å². The maximum Gasteiger partial charge on any atom is 0.295 e. The number of aliphatic hydroxyl groups is 1. The van der Waals surface area contributed by atoms with E-state index in [-0.39, 0.29) is 17.4 Å². The van der Waals surface area contributed by atoms with Crippen LogP contribution >= 0.6 is 15.9 Å². The SMILES string of the molecule is CCCCOc1ccc([C@@H]2C(=C(O)c3ccc(Br)cc3)C(=O)C(=O)N2C[C@H]2CCCO2)cc1. The topological polar surface area (TPSA) is 76.1 Å². The van der Waals surface area contributed by atoms with Gasteiger partial charge in [-0.1, -0.05) is 53.5 Å². The molecule has 2 aromatic rings. The average Bonchev–Trinajstić information content (AvgIpc) is 3.42. The van der Waals surface area contributed by atoms with Crippen molar-refractivity contribution >= 4 is 33.4 Å². The van der Waals surface area contributed by atoms with Crippen LogP contribution in [0.3, 0.4) is 0 Å². The minimum atomic E-state index is -0.692. The molecule has 0 unspecified atom stereocenters. The third-order valence-electron chi connectivity index (χ3n) is 6.04. The van der Waals surface area contributed by atoms with Crippen LogP contribution in [0.4, 0.5) is 0 Å². The number of carbonyl (C=O) groups excluding carboxylic acids is 2. The molecule has 174 valence electrons. The molecule has 0 aromatic heterocycles. The number of ketones is 1. The number of ether oxygens (including phenoxy) is 2. The van der Waals surface area contributed by atoms with E-state index < -0.39 is 17.7 Å². The average molecular weight is 514 g/mol. The van der Waals surface area contributed by atoms with Crippen LogP contribution in [0, 0.1) is 0 Å². The van der Waals surface area contributed by atoms with Crippen LogP contribution in [0.5, 0.6) is 5.75 Å². The van der Waals surface area contributed by atoms with Gasteiger partial charge in [0.15, 0.2) is 0 Å². The van der Waals surface area contributed by atoms with Crippen molar-refractivity contribution in [3.63, 3.8) is 0 Å². The molecule has 6 nitrogen and oxygen atoms in total. The Labute approximate surface area is 202 Å². The highest BCUT2D eigenvalue weighted by molar-refractivity contribution is 9.10. The highest BCUT2D eigenvalue weighted by Crippen LogP contribution is 2.40. The first-order valence-corrected chi connectivity index (χ1v) is 12.2. The second kappa shape index (κ2) is 10.5. The van der Waals surface area contributed by atoms with Crippen LogP contribution in [0.25, 0.3) is 5.76 Å². The molecule has 33 heavy (non-hydrogen) atoms. The molecule has 2 fully saturated rings. The molecular weight excluding hydrogens is 486 g/mol. The number of benzene rings is 2. The fraction of sp³-hybridized carbons (Fsp3) is 0.385. The molecule has 4 rings (SSSR count).